The topological polar surface area (TPSA) is 44.8 Å². The van der Waals surface area contributed by atoms with Crippen LogP contribution in [0, 0.1) is 17.8 Å². The Morgan fingerprint density at radius 2 is 1.95 bits per heavy atom. The maximum absolute atomic E-state index is 12.2. The first-order chi connectivity index (χ1) is 9.94. The van der Waals surface area contributed by atoms with Crippen molar-refractivity contribution in [2.75, 3.05) is 13.2 Å². The Kier molecular flexibility index (Phi) is 5.67. The Morgan fingerprint density at radius 1 is 1.29 bits per heavy atom. The Hall–Kier alpha value is -0.610. The van der Waals surface area contributed by atoms with Crippen LogP contribution in [0.25, 0.3) is 0 Å². The molecule has 0 amide bonds. The molecule has 0 aromatic heterocycles. The van der Waals surface area contributed by atoms with Crippen LogP contribution in [0.1, 0.15) is 59.8 Å². The van der Waals surface area contributed by atoms with Crippen molar-refractivity contribution in [1.29, 1.82) is 0 Å². The van der Waals surface area contributed by atoms with E-state index in [0.29, 0.717) is 19.1 Å². The summed E-state index contributed by atoms with van der Waals surface area (Å²) in [5.41, 5.74) is 0. The Labute approximate surface area is 128 Å². The molecular formula is C17H30O4. The molecule has 0 spiro atoms. The maximum atomic E-state index is 12.2. The monoisotopic (exact) mass is 298 g/mol. The standard InChI is InChI=1S/C17H30O4/c1-5-19-16(18)12(2)15(13-9-7-6-8-10-13)14-11-20-17(3,4)21-14/h12-15H,5-11H2,1-4H3/t12?,14-,15+/m1/s1. The Balaban J connectivity index is 2.11. The van der Waals surface area contributed by atoms with Crippen molar-refractivity contribution in [1.82, 2.24) is 0 Å². The van der Waals surface area contributed by atoms with E-state index in [0.717, 1.165) is 0 Å². The van der Waals surface area contributed by atoms with Gasteiger partial charge in [0.2, 0.25) is 0 Å². The fraction of sp³-hybridized carbons (Fsp3) is 0.941. The van der Waals surface area contributed by atoms with Gasteiger partial charge in [-0.15, -0.1) is 0 Å². The molecule has 3 atom stereocenters. The Morgan fingerprint density at radius 3 is 2.48 bits per heavy atom. The number of carbonyl (C=O) groups excluding carboxylic acids is 1. The van der Waals surface area contributed by atoms with Crippen molar-refractivity contribution in [2.45, 2.75) is 71.7 Å². The molecule has 122 valence electrons. The van der Waals surface area contributed by atoms with Crippen LogP contribution >= 0.6 is 0 Å². The highest BCUT2D eigenvalue weighted by Gasteiger charge is 2.44. The third-order valence-electron chi connectivity index (χ3n) is 4.89. The molecule has 1 saturated carbocycles. The van der Waals surface area contributed by atoms with Gasteiger partial charge in [-0.25, -0.2) is 0 Å². The second kappa shape index (κ2) is 7.10. The zero-order valence-electron chi connectivity index (χ0n) is 13.9. The predicted octanol–water partition coefficient (Wildman–Crippen LogP) is 3.53. The molecule has 0 N–H and O–H groups in total. The van der Waals surface area contributed by atoms with Crippen LogP contribution in [-0.4, -0.2) is 31.1 Å². The van der Waals surface area contributed by atoms with Crippen molar-refractivity contribution in [3.8, 4) is 0 Å². The molecule has 1 unspecified atom stereocenters. The summed E-state index contributed by atoms with van der Waals surface area (Å²) in [7, 11) is 0. The molecule has 1 saturated heterocycles. The highest BCUT2D eigenvalue weighted by Crippen LogP contribution is 2.41. The smallest absolute Gasteiger partial charge is 0.309 e. The lowest BCUT2D eigenvalue weighted by Gasteiger charge is -2.36. The summed E-state index contributed by atoms with van der Waals surface area (Å²) in [5, 5.41) is 0. The quantitative estimate of drug-likeness (QED) is 0.728. The molecule has 21 heavy (non-hydrogen) atoms. The first-order valence-corrected chi connectivity index (χ1v) is 8.43. The number of carbonyl (C=O) groups is 1. The van der Waals surface area contributed by atoms with E-state index in [2.05, 4.69) is 0 Å². The lowest BCUT2D eigenvalue weighted by molar-refractivity contribution is -0.163. The van der Waals surface area contributed by atoms with Crippen molar-refractivity contribution in [3.05, 3.63) is 0 Å². The number of ether oxygens (including phenoxy) is 3. The van der Waals surface area contributed by atoms with Gasteiger partial charge in [-0.2, -0.15) is 0 Å². The number of esters is 1. The lowest BCUT2D eigenvalue weighted by atomic mass is 9.72. The normalized spacial score (nSPS) is 29.0. The van der Waals surface area contributed by atoms with Gasteiger partial charge >= 0.3 is 5.97 Å². The first-order valence-electron chi connectivity index (χ1n) is 8.43. The van der Waals surface area contributed by atoms with E-state index in [9.17, 15) is 4.79 Å². The SMILES string of the molecule is CCOC(=O)C(C)[C@@H](C1CCCCC1)[C@H]1COC(C)(C)O1. The molecule has 2 fully saturated rings. The third-order valence-corrected chi connectivity index (χ3v) is 4.89. The first kappa shape index (κ1) is 16.8. The zero-order chi connectivity index (χ0) is 15.5. The minimum Gasteiger partial charge on any atom is -0.466 e. The summed E-state index contributed by atoms with van der Waals surface area (Å²) in [5.74, 6) is -0.0184. The van der Waals surface area contributed by atoms with Gasteiger partial charge in [0.15, 0.2) is 5.79 Å². The highest BCUT2D eigenvalue weighted by atomic mass is 16.7. The molecule has 4 nitrogen and oxygen atoms in total. The van der Waals surface area contributed by atoms with Crippen LogP contribution in [0.2, 0.25) is 0 Å². The van der Waals surface area contributed by atoms with E-state index in [-0.39, 0.29) is 23.9 Å². The van der Waals surface area contributed by atoms with Crippen LogP contribution in [0.4, 0.5) is 0 Å². The highest BCUT2D eigenvalue weighted by molar-refractivity contribution is 5.72. The predicted molar refractivity (Wildman–Crippen MR) is 80.8 cm³/mol. The minimum atomic E-state index is -0.536. The molecule has 2 aliphatic rings. The van der Waals surface area contributed by atoms with Crippen molar-refractivity contribution >= 4 is 5.97 Å². The molecule has 4 heteroatoms. The second-order valence-corrected chi connectivity index (χ2v) is 6.88. The van der Waals surface area contributed by atoms with Gasteiger partial charge in [-0.1, -0.05) is 39.0 Å². The summed E-state index contributed by atoms with van der Waals surface area (Å²) < 4.78 is 17.1. The van der Waals surface area contributed by atoms with E-state index in [1.807, 2.05) is 27.7 Å². The average molecular weight is 298 g/mol. The van der Waals surface area contributed by atoms with Crippen molar-refractivity contribution in [2.24, 2.45) is 17.8 Å². The van der Waals surface area contributed by atoms with Gasteiger partial charge in [0.1, 0.15) is 0 Å². The summed E-state index contributed by atoms with van der Waals surface area (Å²) in [6.45, 7) is 8.76. The Bertz CT molecular complexity index is 347. The molecule has 1 aliphatic heterocycles. The van der Waals surface area contributed by atoms with Crippen LogP contribution in [0.3, 0.4) is 0 Å². The summed E-state index contributed by atoms with van der Waals surface area (Å²) in [6.07, 6.45) is 6.21. The molecule has 1 aliphatic carbocycles. The van der Waals surface area contributed by atoms with E-state index >= 15 is 0 Å². The average Bonchev–Trinajstić information content (AvgIpc) is 2.80. The van der Waals surface area contributed by atoms with Crippen molar-refractivity contribution < 1.29 is 19.0 Å². The van der Waals surface area contributed by atoms with Gasteiger partial charge in [-0.05, 0) is 26.7 Å². The molecule has 0 aromatic carbocycles. The number of hydrogen-bond acceptors (Lipinski definition) is 4. The lowest BCUT2D eigenvalue weighted by Crippen LogP contribution is -2.40. The van der Waals surface area contributed by atoms with E-state index in [1.165, 1.54) is 32.1 Å². The van der Waals surface area contributed by atoms with Crippen LogP contribution in [-0.2, 0) is 19.0 Å². The second-order valence-electron chi connectivity index (χ2n) is 6.88. The van der Waals surface area contributed by atoms with Gasteiger partial charge in [0.25, 0.3) is 0 Å². The van der Waals surface area contributed by atoms with Gasteiger partial charge < -0.3 is 14.2 Å². The van der Waals surface area contributed by atoms with Crippen LogP contribution in [0.5, 0.6) is 0 Å². The minimum absolute atomic E-state index is 0.00232. The third kappa shape index (κ3) is 4.19. The van der Waals surface area contributed by atoms with E-state index in [4.69, 9.17) is 14.2 Å². The number of hydrogen-bond donors (Lipinski definition) is 0. The summed E-state index contributed by atoms with van der Waals surface area (Å²) in [4.78, 5) is 12.2. The molecule has 0 bridgehead atoms. The van der Waals surface area contributed by atoms with Crippen molar-refractivity contribution in [3.63, 3.8) is 0 Å². The molecule has 2 rings (SSSR count). The van der Waals surface area contributed by atoms with E-state index in [1.54, 1.807) is 0 Å². The van der Waals surface area contributed by atoms with Gasteiger partial charge in [-0.3, -0.25) is 4.79 Å². The van der Waals surface area contributed by atoms with Gasteiger partial charge in [0.05, 0.1) is 25.2 Å². The molecular weight excluding hydrogens is 268 g/mol. The molecule has 0 radical (unpaired) electrons. The maximum Gasteiger partial charge on any atom is 0.309 e. The van der Waals surface area contributed by atoms with E-state index < -0.39 is 5.79 Å². The summed E-state index contributed by atoms with van der Waals surface area (Å²) in [6, 6.07) is 0. The fourth-order valence-electron chi connectivity index (χ4n) is 3.89. The largest absolute Gasteiger partial charge is 0.466 e. The number of rotatable bonds is 5. The fourth-order valence-corrected chi connectivity index (χ4v) is 3.89. The molecule has 0 aromatic rings. The summed E-state index contributed by atoms with van der Waals surface area (Å²) >= 11 is 0. The molecule has 1 heterocycles. The van der Waals surface area contributed by atoms with Gasteiger partial charge in [0, 0.05) is 5.92 Å². The zero-order valence-corrected chi connectivity index (χ0v) is 13.9. The van der Waals surface area contributed by atoms with Crippen LogP contribution in [0.15, 0.2) is 0 Å². The van der Waals surface area contributed by atoms with Crippen LogP contribution < -0.4 is 0 Å².